The summed E-state index contributed by atoms with van der Waals surface area (Å²) in [5.41, 5.74) is 9.17. The van der Waals surface area contributed by atoms with Crippen molar-refractivity contribution in [2.45, 2.75) is 55.0 Å². The molecule has 1 aromatic carbocycles. The molecular weight excluding hydrogens is 298 g/mol. The predicted molar refractivity (Wildman–Crippen MR) is 98.2 cm³/mol. The number of hydrogen-bond acceptors (Lipinski definition) is 2. The minimum absolute atomic E-state index is 0.0425. The van der Waals surface area contributed by atoms with Crippen LogP contribution in [0.3, 0.4) is 0 Å². The van der Waals surface area contributed by atoms with Crippen molar-refractivity contribution in [3.05, 3.63) is 67.4 Å². The fourth-order valence-corrected chi connectivity index (χ4v) is 3.42. The summed E-state index contributed by atoms with van der Waals surface area (Å²) in [4.78, 5) is 17.4. The van der Waals surface area contributed by atoms with Crippen LogP contribution in [0.2, 0.25) is 0 Å². The first-order valence-electron chi connectivity index (χ1n) is 8.34. The fraction of sp³-hybridized carbons (Fsp3) is 0.400. The maximum atomic E-state index is 12.9. The number of aryl methyl sites for hydroxylation is 3. The third-order valence-corrected chi connectivity index (χ3v) is 5.52. The second-order valence-electron chi connectivity index (χ2n) is 6.86. The molecule has 2 aromatic heterocycles. The predicted octanol–water partition coefficient (Wildman–Crippen LogP) is 3.70. The van der Waals surface area contributed by atoms with Gasteiger partial charge in [-0.15, -0.1) is 0 Å². The normalized spacial score (nSPS) is 11.5. The zero-order valence-corrected chi connectivity index (χ0v) is 15.6. The van der Waals surface area contributed by atoms with Crippen LogP contribution in [0.1, 0.15) is 44.8 Å². The summed E-state index contributed by atoms with van der Waals surface area (Å²) in [6.07, 6.45) is 1.83. The van der Waals surface area contributed by atoms with Crippen LogP contribution < -0.4 is 5.56 Å². The van der Waals surface area contributed by atoms with E-state index >= 15 is 0 Å². The van der Waals surface area contributed by atoms with Crippen molar-refractivity contribution in [3.8, 4) is 0 Å². The van der Waals surface area contributed by atoms with Crippen LogP contribution in [-0.4, -0.2) is 14.0 Å². The van der Waals surface area contributed by atoms with Gasteiger partial charge < -0.3 is 0 Å². The topological polar surface area (TPSA) is 39.3 Å². The number of benzene rings is 1. The first kappa shape index (κ1) is 16.5. The van der Waals surface area contributed by atoms with Gasteiger partial charge in [-0.2, -0.15) is 0 Å². The summed E-state index contributed by atoms with van der Waals surface area (Å²) in [7, 11) is 0. The van der Waals surface area contributed by atoms with Gasteiger partial charge in [0.25, 0.3) is 5.56 Å². The number of imidazole rings is 1. The van der Waals surface area contributed by atoms with Crippen LogP contribution in [0.25, 0.3) is 5.78 Å². The highest BCUT2D eigenvalue weighted by atomic mass is 16.1. The molecule has 0 spiro atoms. The molecule has 0 aliphatic carbocycles. The van der Waals surface area contributed by atoms with Gasteiger partial charge in [0, 0.05) is 17.0 Å². The van der Waals surface area contributed by atoms with Gasteiger partial charge >= 0.3 is 0 Å². The van der Waals surface area contributed by atoms with E-state index in [1.165, 1.54) is 27.8 Å². The van der Waals surface area contributed by atoms with Crippen molar-refractivity contribution in [3.63, 3.8) is 0 Å². The molecule has 0 bridgehead atoms. The fourth-order valence-electron chi connectivity index (χ4n) is 3.42. The zero-order valence-electron chi connectivity index (χ0n) is 15.6. The average Bonchev–Trinajstić information content (AvgIpc) is 2.93. The highest BCUT2D eigenvalue weighted by molar-refractivity contribution is 5.45. The van der Waals surface area contributed by atoms with Crippen molar-refractivity contribution in [2.24, 2.45) is 0 Å². The van der Waals surface area contributed by atoms with Gasteiger partial charge in [0.05, 0.1) is 12.7 Å². The molecule has 0 aliphatic rings. The van der Waals surface area contributed by atoms with Gasteiger partial charge in [-0.3, -0.25) is 13.8 Å². The summed E-state index contributed by atoms with van der Waals surface area (Å²) in [5.74, 6) is 0.718. The lowest BCUT2D eigenvalue weighted by molar-refractivity contribution is 0.731. The zero-order chi connectivity index (χ0) is 17.8. The second kappa shape index (κ2) is 5.62. The minimum Gasteiger partial charge on any atom is -0.287 e. The van der Waals surface area contributed by atoms with Gasteiger partial charge in [-0.25, -0.2) is 4.98 Å². The molecule has 0 amide bonds. The van der Waals surface area contributed by atoms with E-state index in [2.05, 4.69) is 43.1 Å². The standard InChI is InChI=1S/C20H25N3O/c1-11-8-18(15(5)14(4)13(11)3)10-22-19(24)16(6)17(7)23-12(2)9-21-20(22)23/h8-9H,10H2,1-7H3. The molecule has 0 radical (unpaired) electrons. The molecule has 0 aliphatic heterocycles. The smallest absolute Gasteiger partial charge is 0.258 e. The highest BCUT2D eigenvalue weighted by Gasteiger charge is 2.16. The van der Waals surface area contributed by atoms with E-state index in [4.69, 9.17) is 0 Å². The molecule has 2 heterocycles. The Morgan fingerprint density at radius 1 is 0.917 bits per heavy atom. The van der Waals surface area contributed by atoms with Crippen LogP contribution >= 0.6 is 0 Å². The van der Waals surface area contributed by atoms with Crippen LogP contribution in [0.4, 0.5) is 0 Å². The largest absolute Gasteiger partial charge is 0.287 e. The van der Waals surface area contributed by atoms with Gasteiger partial charge in [-0.1, -0.05) is 6.07 Å². The summed E-state index contributed by atoms with van der Waals surface area (Å²) >= 11 is 0. The lowest BCUT2D eigenvalue weighted by Crippen LogP contribution is -2.27. The Morgan fingerprint density at radius 3 is 2.25 bits per heavy atom. The summed E-state index contributed by atoms with van der Waals surface area (Å²) in [6.45, 7) is 15.0. The maximum absolute atomic E-state index is 12.9. The Labute approximate surface area is 142 Å². The first-order chi connectivity index (χ1) is 11.2. The SMILES string of the molecule is Cc1cc(Cn2c(=O)c(C)c(C)n3c(C)cnc23)c(C)c(C)c1C. The van der Waals surface area contributed by atoms with E-state index in [0.29, 0.717) is 6.54 Å². The molecule has 4 heteroatoms. The molecule has 0 unspecified atom stereocenters. The van der Waals surface area contributed by atoms with E-state index in [1.54, 1.807) is 4.57 Å². The van der Waals surface area contributed by atoms with Gasteiger partial charge in [0.15, 0.2) is 0 Å². The molecule has 4 nitrogen and oxygen atoms in total. The Bertz CT molecular complexity index is 1020. The minimum atomic E-state index is 0.0425. The van der Waals surface area contributed by atoms with E-state index in [1.807, 2.05) is 27.0 Å². The molecule has 0 atom stereocenters. The number of aromatic nitrogens is 3. The van der Waals surface area contributed by atoms with Gasteiger partial charge in [0.2, 0.25) is 5.78 Å². The van der Waals surface area contributed by atoms with E-state index in [0.717, 1.165) is 22.7 Å². The monoisotopic (exact) mass is 323 g/mol. The van der Waals surface area contributed by atoms with E-state index in [9.17, 15) is 4.79 Å². The summed E-state index contributed by atoms with van der Waals surface area (Å²) in [5, 5.41) is 0. The Morgan fingerprint density at radius 2 is 1.58 bits per heavy atom. The molecule has 3 aromatic rings. The average molecular weight is 323 g/mol. The molecule has 3 rings (SSSR count). The first-order valence-corrected chi connectivity index (χ1v) is 8.34. The van der Waals surface area contributed by atoms with Crippen molar-refractivity contribution in [1.29, 1.82) is 0 Å². The van der Waals surface area contributed by atoms with Crippen molar-refractivity contribution in [2.75, 3.05) is 0 Å². The van der Waals surface area contributed by atoms with Crippen molar-refractivity contribution < 1.29 is 0 Å². The van der Waals surface area contributed by atoms with Crippen molar-refractivity contribution >= 4 is 5.78 Å². The van der Waals surface area contributed by atoms with Crippen LogP contribution in [0, 0.1) is 48.5 Å². The molecule has 126 valence electrons. The Hall–Kier alpha value is -2.36. The van der Waals surface area contributed by atoms with Crippen LogP contribution in [-0.2, 0) is 6.54 Å². The van der Waals surface area contributed by atoms with Crippen LogP contribution in [0.15, 0.2) is 17.1 Å². The molecule has 0 saturated heterocycles. The summed E-state index contributed by atoms with van der Waals surface area (Å²) in [6, 6.07) is 2.20. The third kappa shape index (κ3) is 2.29. The Kier molecular flexibility index (Phi) is 3.86. The number of hydrogen-bond donors (Lipinski definition) is 0. The molecule has 0 N–H and O–H groups in total. The van der Waals surface area contributed by atoms with Crippen LogP contribution in [0.5, 0.6) is 0 Å². The maximum Gasteiger partial charge on any atom is 0.258 e. The van der Waals surface area contributed by atoms with E-state index in [-0.39, 0.29) is 5.56 Å². The molecule has 0 saturated carbocycles. The lowest BCUT2D eigenvalue weighted by Gasteiger charge is -2.17. The highest BCUT2D eigenvalue weighted by Crippen LogP contribution is 2.22. The number of fused-ring (bicyclic) bond motifs is 1. The van der Waals surface area contributed by atoms with E-state index < -0.39 is 0 Å². The third-order valence-electron chi connectivity index (χ3n) is 5.52. The number of rotatable bonds is 2. The quantitative estimate of drug-likeness (QED) is 0.721. The summed E-state index contributed by atoms with van der Waals surface area (Å²) < 4.78 is 3.87. The lowest BCUT2D eigenvalue weighted by atomic mass is 9.94. The van der Waals surface area contributed by atoms with Crippen molar-refractivity contribution in [1.82, 2.24) is 14.0 Å². The molecule has 24 heavy (non-hydrogen) atoms. The molecular formula is C20H25N3O. The second-order valence-corrected chi connectivity index (χ2v) is 6.86. The number of nitrogens with zero attached hydrogens (tertiary/aromatic N) is 3. The van der Waals surface area contributed by atoms with Gasteiger partial charge in [0.1, 0.15) is 0 Å². The van der Waals surface area contributed by atoms with Gasteiger partial charge in [-0.05, 0) is 76.3 Å². The Balaban J connectivity index is 2.28. The molecule has 0 fully saturated rings.